The number of hydrogen-bond donors (Lipinski definition) is 1. The largest absolute Gasteiger partial charge is 0.311 e. The minimum Gasteiger partial charge on any atom is -0.311 e. The van der Waals surface area contributed by atoms with Crippen LogP contribution in [-0.4, -0.2) is 12.1 Å². The van der Waals surface area contributed by atoms with Crippen LogP contribution in [0.15, 0.2) is 24.3 Å². The maximum atomic E-state index is 3.71. The van der Waals surface area contributed by atoms with E-state index in [0.29, 0.717) is 17.5 Å². The topological polar surface area (TPSA) is 12.0 Å². The Hall–Kier alpha value is -0.820. The zero-order chi connectivity index (χ0) is 10.5. The molecule has 0 amide bonds. The molecule has 1 fully saturated rings. The highest BCUT2D eigenvalue weighted by Crippen LogP contribution is 2.43. The van der Waals surface area contributed by atoms with Gasteiger partial charge in [-0.25, -0.2) is 0 Å². The number of benzene rings is 1. The van der Waals surface area contributed by atoms with E-state index in [-0.39, 0.29) is 0 Å². The SMILES string of the molecule is C[C@@H]1C[C@]2(C)C[C@H](Cc3ccccc32)N1. The lowest BCUT2D eigenvalue weighted by atomic mass is 9.64. The number of hydrogen-bond acceptors (Lipinski definition) is 1. The van der Waals surface area contributed by atoms with Gasteiger partial charge in [-0.1, -0.05) is 31.2 Å². The highest BCUT2D eigenvalue weighted by atomic mass is 15.0. The normalized spacial score (nSPS) is 38.5. The average molecular weight is 201 g/mol. The van der Waals surface area contributed by atoms with Gasteiger partial charge in [-0.2, -0.15) is 0 Å². The van der Waals surface area contributed by atoms with Crippen LogP contribution < -0.4 is 5.32 Å². The summed E-state index contributed by atoms with van der Waals surface area (Å²) >= 11 is 0. The van der Waals surface area contributed by atoms with E-state index in [4.69, 9.17) is 0 Å². The van der Waals surface area contributed by atoms with E-state index in [9.17, 15) is 0 Å². The second kappa shape index (κ2) is 3.08. The zero-order valence-electron chi connectivity index (χ0n) is 9.59. The third-order valence-corrected chi connectivity index (χ3v) is 4.11. The second-order valence-electron chi connectivity index (χ2n) is 5.59. The molecular weight excluding hydrogens is 182 g/mol. The molecule has 1 saturated heterocycles. The van der Waals surface area contributed by atoms with Crippen molar-refractivity contribution < 1.29 is 0 Å². The lowest BCUT2D eigenvalue weighted by molar-refractivity contribution is 0.207. The molecule has 1 aliphatic heterocycles. The third kappa shape index (κ3) is 1.41. The Labute approximate surface area is 91.9 Å². The van der Waals surface area contributed by atoms with Crippen molar-refractivity contribution in [3.05, 3.63) is 35.4 Å². The highest BCUT2D eigenvalue weighted by molar-refractivity contribution is 5.38. The van der Waals surface area contributed by atoms with Gasteiger partial charge < -0.3 is 5.32 Å². The quantitative estimate of drug-likeness (QED) is 0.680. The van der Waals surface area contributed by atoms with Gasteiger partial charge in [0.05, 0.1) is 0 Å². The summed E-state index contributed by atoms with van der Waals surface area (Å²) in [5.74, 6) is 0. The Morgan fingerprint density at radius 1 is 1.27 bits per heavy atom. The van der Waals surface area contributed by atoms with Crippen LogP contribution in [0.1, 0.15) is 37.8 Å². The summed E-state index contributed by atoms with van der Waals surface area (Å²) in [4.78, 5) is 0. The molecule has 2 aliphatic rings. The molecule has 1 nitrogen and oxygen atoms in total. The molecule has 1 N–H and O–H groups in total. The first-order valence-electron chi connectivity index (χ1n) is 6.02. The van der Waals surface area contributed by atoms with Crippen LogP contribution in [0.5, 0.6) is 0 Å². The Kier molecular flexibility index (Phi) is 1.93. The van der Waals surface area contributed by atoms with Crippen molar-refractivity contribution in [3.8, 4) is 0 Å². The molecule has 15 heavy (non-hydrogen) atoms. The van der Waals surface area contributed by atoms with E-state index in [0.717, 1.165) is 0 Å². The summed E-state index contributed by atoms with van der Waals surface area (Å²) < 4.78 is 0. The van der Waals surface area contributed by atoms with Crippen LogP contribution in [-0.2, 0) is 11.8 Å². The van der Waals surface area contributed by atoms with E-state index < -0.39 is 0 Å². The zero-order valence-corrected chi connectivity index (χ0v) is 9.59. The van der Waals surface area contributed by atoms with E-state index in [1.807, 2.05) is 0 Å². The van der Waals surface area contributed by atoms with Crippen molar-refractivity contribution in [2.75, 3.05) is 0 Å². The van der Waals surface area contributed by atoms with Crippen LogP contribution in [0.4, 0.5) is 0 Å². The van der Waals surface area contributed by atoms with Crippen molar-refractivity contribution in [1.29, 1.82) is 0 Å². The van der Waals surface area contributed by atoms with Crippen molar-refractivity contribution in [3.63, 3.8) is 0 Å². The average Bonchev–Trinajstić information content (AvgIpc) is 2.15. The Balaban J connectivity index is 2.10. The minimum absolute atomic E-state index is 0.421. The maximum Gasteiger partial charge on any atom is 0.0118 e. The molecule has 0 aromatic heterocycles. The lowest BCUT2D eigenvalue weighted by Crippen LogP contribution is -2.53. The molecule has 1 heteroatoms. The molecule has 3 atom stereocenters. The summed E-state index contributed by atoms with van der Waals surface area (Å²) in [7, 11) is 0. The standard InChI is InChI=1S/C14H19N/c1-10-8-14(2)9-12(15-10)7-11-5-3-4-6-13(11)14/h3-6,10,12,15H,7-9H2,1-2H3/t10-,12+,14-/m1/s1. The predicted octanol–water partition coefficient (Wildman–Crippen LogP) is 2.64. The first kappa shape index (κ1) is 9.41. The molecule has 0 spiro atoms. The molecule has 0 unspecified atom stereocenters. The van der Waals surface area contributed by atoms with Gasteiger partial charge >= 0.3 is 0 Å². The molecule has 0 saturated carbocycles. The number of fused-ring (bicyclic) bond motifs is 4. The number of piperidine rings is 1. The molecule has 2 bridgehead atoms. The van der Waals surface area contributed by atoms with Crippen LogP contribution in [0.3, 0.4) is 0 Å². The fourth-order valence-corrected chi connectivity index (χ4v) is 3.73. The molecule has 3 rings (SSSR count). The first-order valence-corrected chi connectivity index (χ1v) is 6.02. The van der Waals surface area contributed by atoms with Gasteiger partial charge in [-0.3, -0.25) is 0 Å². The summed E-state index contributed by atoms with van der Waals surface area (Å²) in [5.41, 5.74) is 3.59. The molecule has 0 radical (unpaired) electrons. The van der Waals surface area contributed by atoms with Crippen molar-refractivity contribution in [2.24, 2.45) is 0 Å². The van der Waals surface area contributed by atoms with Crippen LogP contribution in [0, 0.1) is 0 Å². The molecule has 80 valence electrons. The Morgan fingerprint density at radius 3 is 2.93 bits per heavy atom. The van der Waals surface area contributed by atoms with E-state index in [1.165, 1.54) is 19.3 Å². The Bertz CT molecular complexity index is 385. The fraction of sp³-hybridized carbons (Fsp3) is 0.571. The van der Waals surface area contributed by atoms with Gasteiger partial charge in [0, 0.05) is 12.1 Å². The van der Waals surface area contributed by atoms with E-state index in [2.05, 4.69) is 43.4 Å². The molecule has 1 aromatic carbocycles. The monoisotopic (exact) mass is 201 g/mol. The highest BCUT2D eigenvalue weighted by Gasteiger charge is 2.41. The summed E-state index contributed by atoms with van der Waals surface area (Å²) in [6.45, 7) is 4.76. The van der Waals surface area contributed by atoms with Gasteiger partial charge in [0.2, 0.25) is 0 Å². The van der Waals surface area contributed by atoms with Crippen LogP contribution in [0.25, 0.3) is 0 Å². The fourth-order valence-electron chi connectivity index (χ4n) is 3.73. The first-order chi connectivity index (χ1) is 7.17. The smallest absolute Gasteiger partial charge is 0.0118 e. The van der Waals surface area contributed by atoms with E-state index in [1.54, 1.807) is 11.1 Å². The van der Waals surface area contributed by atoms with Crippen LogP contribution >= 0.6 is 0 Å². The predicted molar refractivity (Wildman–Crippen MR) is 63.1 cm³/mol. The lowest BCUT2D eigenvalue weighted by Gasteiger charge is -2.47. The summed E-state index contributed by atoms with van der Waals surface area (Å²) in [5, 5.41) is 3.71. The van der Waals surface area contributed by atoms with Crippen molar-refractivity contribution >= 4 is 0 Å². The Morgan fingerprint density at radius 2 is 2.07 bits per heavy atom. The number of rotatable bonds is 0. The van der Waals surface area contributed by atoms with Crippen molar-refractivity contribution in [2.45, 2.75) is 50.6 Å². The minimum atomic E-state index is 0.421. The molecular formula is C14H19N. The molecule has 1 aromatic rings. The van der Waals surface area contributed by atoms with Gasteiger partial charge in [0.15, 0.2) is 0 Å². The summed E-state index contributed by atoms with van der Waals surface area (Å²) in [6, 6.07) is 10.4. The van der Waals surface area contributed by atoms with E-state index >= 15 is 0 Å². The number of nitrogens with one attached hydrogen (secondary N) is 1. The second-order valence-corrected chi connectivity index (χ2v) is 5.59. The third-order valence-electron chi connectivity index (χ3n) is 4.11. The van der Waals surface area contributed by atoms with Gasteiger partial charge in [0.25, 0.3) is 0 Å². The molecule has 1 aliphatic carbocycles. The van der Waals surface area contributed by atoms with Gasteiger partial charge in [0.1, 0.15) is 0 Å². The van der Waals surface area contributed by atoms with Gasteiger partial charge in [-0.05, 0) is 42.7 Å². The molecule has 1 heterocycles. The van der Waals surface area contributed by atoms with Gasteiger partial charge in [-0.15, -0.1) is 0 Å². The van der Waals surface area contributed by atoms with Crippen molar-refractivity contribution in [1.82, 2.24) is 5.32 Å². The maximum absolute atomic E-state index is 3.71. The van der Waals surface area contributed by atoms with Crippen LogP contribution in [0.2, 0.25) is 0 Å². The summed E-state index contributed by atoms with van der Waals surface area (Å²) in [6.07, 6.45) is 3.81.